The van der Waals surface area contributed by atoms with E-state index in [1.54, 1.807) is 0 Å². The molecule has 1 aromatic heterocycles. The van der Waals surface area contributed by atoms with Gasteiger partial charge in [-0.3, -0.25) is 0 Å². The number of nitrogens with zero attached hydrogens (tertiary/aromatic N) is 1. The molecule has 0 aliphatic carbocycles. The molecule has 16 heavy (non-hydrogen) atoms. The predicted molar refractivity (Wildman–Crippen MR) is 72.9 cm³/mol. The van der Waals surface area contributed by atoms with E-state index in [-0.39, 0.29) is 5.41 Å². The van der Waals surface area contributed by atoms with Crippen molar-refractivity contribution in [2.24, 2.45) is 11.1 Å². The SMILES string of the molecule is CCc1ccc(CN(C)CC(C)(C)CN)s1. The lowest BCUT2D eigenvalue weighted by molar-refractivity contribution is 0.211. The molecule has 1 rings (SSSR count). The van der Waals surface area contributed by atoms with Crippen molar-refractivity contribution in [3.8, 4) is 0 Å². The smallest absolute Gasteiger partial charge is 0.0325 e. The van der Waals surface area contributed by atoms with Crippen molar-refractivity contribution in [2.75, 3.05) is 20.1 Å². The fourth-order valence-electron chi connectivity index (χ4n) is 1.81. The summed E-state index contributed by atoms with van der Waals surface area (Å²) in [4.78, 5) is 5.28. The lowest BCUT2D eigenvalue weighted by Crippen LogP contribution is -2.36. The molecule has 0 radical (unpaired) electrons. The first kappa shape index (κ1) is 13.7. The van der Waals surface area contributed by atoms with E-state index in [2.05, 4.69) is 44.9 Å². The topological polar surface area (TPSA) is 29.3 Å². The van der Waals surface area contributed by atoms with Crippen LogP contribution < -0.4 is 5.73 Å². The van der Waals surface area contributed by atoms with Crippen LogP contribution in [-0.2, 0) is 13.0 Å². The molecule has 0 aromatic carbocycles. The van der Waals surface area contributed by atoms with E-state index < -0.39 is 0 Å². The number of rotatable bonds is 6. The Hall–Kier alpha value is -0.380. The van der Waals surface area contributed by atoms with Crippen LogP contribution >= 0.6 is 11.3 Å². The quantitative estimate of drug-likeness (QED) is 0.828. The van der Waals surface area contributed by atoms with Crippen LogP contribution in [0, 0.1) is 5.41 Å². The fourth-order valence-corrected chi connectivity index (χ4v) is 2.85. The van der Waals surface area contributed by atoms with Crippen molar-refractivity contribution >= 4 is 11.3 Å². The van der Waals surface area contributed by atoms with Crippen LogP contribution in [0.5, 0.6) is 0 Å². The van der Waals surface area contributed by atoms with Crippen molar-refractivity contribution in [3.05, 3.63) is 21.9 Å². The van der Waals surface area contributed by atoms with Gasteiger partial charge in [-0.1, -0.05) is 20.8 Å². The van der Waals surface area contributed by atoms with E-state index in [0.29, 0.717) is 0 Å². The van der Waals surface area contributed by atoms with Crippen molar-refractivity contribution < 1.29 is 0 Å². The number of thiophene rings is 1. The molecule has 2 nitrogen and oxygen atoms in total. The molecule has 0 spiro atoms. The summed E-state index contributed by atoms with van der Waals surface area (Å²) in [5, 5.41) is 0. The molecule has 1 aromatic rings. The second kappa shape index (κ2) is 5.80. The van der Waals surface area contributed by atoms with Gasteiger partial charge in [0.05, 0.1) is 0 Å². The van der Waals surface area contributed by atoms with Gasteiger partial charge in [-0.15, -0.1) is 11.3 Å². The maximum absolute atomic E-state index is 5.75. The van der Waals surface area contributed by atoms with Gasteiger partial charge < -0.3 is 10.6 Å². The van der Waals surface area contributed by atoms with Crippen LogP contribution in [0.1, 0.15) is 30.5 Å². The Kier molecular flexibility index (Phi) is 4.96. The van der Waals surface area contributed by atoms with E-state index in [0.717, 1.165) is 26.1 Å². The standard InChI is InChI=1S/C13H24N2S/c1-5-11-6-7-12(16-11)8-15(4)10-13(2,3)9-14/h6-7H,5,8-10,14H2,1-4H3. The highest BCUT2D eigenvalue weighted by atomic mass is 32.1. The van der Waals surface area contributed by atoms with E-state index in [1.807, 2.05) is 11.3 Å². The molecule has 1 heterocycles. The molecule has 0 amide bonds. The highest BCUT2D eigenvalue weighted by molar-refractivity contribution is 7.11. The average Bonchev–Trinajstić information content (AvgIpc) is 2.64. The Morgan fingerprint density at radius 1 is 1.31 bits per heavy atom. The summed E-state index contributed by atoms with van der Waals surface area (Å²) in [5.74, 6) is 0. The molecule has 0 aliphatic rings. The van der Waals surface area contributed by atoms with Crippen LogP contribution in [0.4, 0.5) is 0 Å². The summed E-state index contributed by atoms with van der Waals surface area (Å²) in [6, 6.07) is 4.48. The number of nitrogens with two attached hydrogens (primary N) is 1. The first-order valence-electron chi connectivity index (χ1n) is 5.93. The summed E-state index contributed by atoms with van der Waals surface area (Å²) in [5.41, 5.74) is 5.96. The van der Waals surface area contributed by atoms with Crippen LogP contribution in [0.3, 0.4) is 0 Å². The second-order valence-corrected chi connectivity index (χ2v) is 6.52. The Labute approximate surface area is 103 Å². The monoisotopic (exact) mass is 240 g/mol. The third-order valence-corrected chi connectivity index (χ3v) is 3.96. The van der Waals surface area contributed by atoms with Gasteiger partial charge in [0.1, 0.15) is 0 Å². The zero-order valence-corrected chi connectivity index (χ0v) is 11.7. The largest absolute Gasteiger partial charge is 0.330 e. The van der Waals surface area contributed by atoms with E-state index in [1.165, 1.54) is 9.75 Å². The Bertz CT molecular complexity index is 317. The maximum atomic E-state index is 5.75. The molecule has 0 bridgehead atoms. The van der Waals surface area contributed by atoms with Gasteiger partial charge in [-0.05, 0) is 37.6 Å². The third kappa shape index (κ3) is 4.24. The number of hydrogen-bond acceptors (Lipinski definition) is 3. The molecule has 2 N–H and O–H groups in total. The third-order valence-electron chi connectivity index (χ3n) is 2.74. The van der Waals surface area contributed by atoms with Gasteiger partial charge in [-0.2, -0.15) is 0 Å². The van der Waals surface area contributed by atoms with Crippen LogP contribution in [0.15, 0.2) is 12.1 Å². The average molecular weight is 240 g/mol. The maximum Gasteiger partial charge on any atom is 0.0325 e. The number of hydrogen-bond donors (Lipinski definition) is 1. The highest BCUT2D eigenvalue weighted by Gasteiger charge is 2.18. The molecule has 3 heteroatoms. The van der Waals surface area contributed by atoms with Gasteiger partial charge in [0.2, 0.25) is 0 Å². The van der Waals surface area contributed by atoms with Crippen molar-refractivity contribution in [1.82, 2.24) is 4.90 Å². The van der Waals surface area contributed by atoms with Crippen molar-refractivity contribution in [1.29, 1.82) is 0 Å². The normalized spacial score (nSPS) is 12.4. The first-order valence-corrected chi connectivity index (χ1v) is 6.74. The first-order chi connectivity index (χ1) is 7.46. The second-order valence-electron chi connectivity index (χ2n) is 5.26. The van der Waals surface area contributed by atoms with Gasteiger partial charge in [0.25, 0.3) is 0 Å². The molecule has 0 atom stereocenters. The van der Waals surface area contributed by atoms with E-state index in [9.17, 15) is 0 Å². The molecule has 0 fully saturated rings. The summed E-state index contributed by atoms with van der Waals surface area (Å²) in [7, 11) is 2.17. The minimum absolute atomic E-state index is 0.208. The minimum Gasteiger partial charge on any atom is -0.330 e. The highest BCUT2D eigenvalue weighted by Crippen LogP contribution is 2.20. The van der Waals surface area contributed by atoms with E-state index in [4.69, 9.17) is 5.73 Å². The number of aryl methyl sites for hydroxylation is 1. The lowest BCUT2D eigenvalue weighted by atomic mass is 9.93. The van der Waals surface area contributed by atoms with Gasteiger partial charge in [-0.25, -0.2) is 0 Å². The summed E-state index contributed by atoms with van der Waals surface area (Å²) in [6.07, 6.45) is 1.14. The Morgan fingerprint density at radius 3 is 2.44 bits per heavy atom. The van der Waals surface area contributed by atoms with Crippen LogP contribution in [0.25, 0.3) is 0 Å². The lowest BCUT2D eigenvalue weighted by Gasteiger charge is -2.28. The molecular weight excluding hydrogens is 216 g/mol. The zero-order valence-electron chi connectivity index (χ0n) is 10.9. The van der Waals surface area contributed by atoms with Gasteiger partial charge in [0, 0.05) is 22.8 Å². The van der Waals surface area contributed by atoms with Crippen LogP contribution in [0.2, 0.25) is 0 Å². The molecule has 0 saturated carbocycles. The Balaban J connectivity index is 2.48. The van der Waals surface area contributed by atoms with Crippen molar-refractivity contribution in [2.45, 2.75) is 33.7 Å². The van der Waals surface area contributed by atoms with Gasteiger partial charge in [0.15, 0.2) is 0 Å². The fraction of sp³-hybridized carbons (Fsp3) is 0.692. The molecular formula is C13H24N2S. The molecule has 92 valence electrons. The molecule has 0 aliphatic heterocycles. The van der Waals surface area contributed by atoms with Crippen LogP contribution in [-0.4, -0.2) is 25.0 Å². The zero-order chi connectivity index (χ0) is 12.2. The summed E-state index contributed by atoms with van der Waals surface area (Å²) >= 11 is 1.92. The van der Waals surface area contributed by atoms with E-state index >= 15 is 0 Å². The summed E-state index contributed by atoms with van der Waals surface area (Å²) < 4.78 is 0. The minimum atomic E-state index is 0.208. The summed E-state index contributed by atoms with van der Waals surface area (Å²) in [6.45, 7) is 9.46. The predicted octanol–water partition coefficient (Wildman–Crippen LogP) is 2.73. The molecule has 0 unspecified atom stereocenters. The molecule has 0 saturated heterocycles. The Morgan fingerprint density at radius 2 is 1.94 bits per heavy atom. The van der Waals surface area contributed by atoms with Gasteiger partial charge >= 0.3 is 0 Å². The van der Waals surface area contributed by atoms with Crippen molar-refractivity contribution in [3.63, 3.8) is 0 Å².